The van der Waals surface area contributed by atoms with Gasteiger partial charge in [-0.1, -0.05) is 48.5 Å². The molecular weight excluding hydrogens is 436 g/mol. The Labute approximate surface area is 195 Å². The average Bonchev–Trinajstić information content (AvgIpc) is 3.35. The van der Waals surface area contributed by atoms with E-state index in [0.29, 0.717) is 19.4 Å². The quantitative estimate of drug-likeness (QED) is 0.475. The summed E-state index contributed by atoms with van der Waals surface area (Å²) in [5.41, 5.74) is 3.61. The first-order valence-corrected chi connectivity index (χ1v) is 11.1. The minimum Gasteiger partial charge on any atom is -0.480 e. The van der Waals surface area contributed by atoms with Crippen molar-refractivity contribution < 1.29 is 24.2 Å². The molecule has 3 aromatic rings. The molecule has 1 fully saturated rings. The first-order valence-electron chi connectivity index (χ1n) is 11.1. The Hall–Kier alpha value is -4.14. The zero-order chi connectivity index (χ0) is 23.7. The number of rotatable bonds is 8. The number of aromatic nitrogens is 2. The highest BCUT2D eigenvalue weighted by Gasteiger charge is 2.51. The van der Waals surface area contributed by atoms with Gasteiger partial charge in [-0.2, -0.15) is 0 Å². The summed E-state index contributed by atoms with van der Waals surface area (Å²) in [4.78, 5) is 39.8. The van der Waals surface area contributed by atoms with Gasteiger partial charge in [-0.15, -0.1) is 0 Å². The molecule has 2 amide bonds. The van der Waals surface area contributed by atoms with Crippen LogP contribution in [0.4, 0.5) is 4.79 Å². The molecule has 0 spiro atoms. The summed E-state index contributed by atoms with van der Waals surface area (Å²) < 4.78 is 7.16. The average molecular weight is 460 g/mol. The lowest BCUT2D eigenvalue weighted by Gasteiger charge is -2.14. The number of hydrogen-bond donors (Lipinski definition) is 3. The van der Waals surface area contributed by atoms with Crippen molar-refractivity contribution in [2.24, 2.45) is 0 Å². The van der Waals surface area contributed by atoms with Crippen LogP contribution in [0.15, 0.2) is 61.1 Å². The van der Waals surface area contributed by atoms with Crippen molar-refractivity contribution in [3.05, 3.63) is 77.9 Å². The molecule has 1 saturated carbocycles. The van der Waals surface area contributed by atoms with Crippen LogP contribution < -0.4 is 10.6 Å². The number of aliphatic carboxylic acids is 1. The SMILES string of the molecule is O=C(NCCn1cnc(C(=O)NC2(C(=O)O)CC2)c1)OCC1c2ccccc2-c2ccccc21. The van der Waals surface area contributed by atoms with Crippen LogP contribution in [0, 0.1) is 0 Å². The normalized spacial score (nSPS) is 15.2. The van der Waals surface area contributed by atoms with Crippen molar-refractivity contribution in [3.63, 3.8) is 0 Å². The monoisotopic (exact) mass is 460 g/mol. The minimum atomic E-state index is -1.16. The number of alkyl carbamates (subject to hydrolysis) is 1. The van der Waals surface area contributed by atoms with Crippen LogP contribution in [0.1, 0.15) is 40.4 Å². The van der Waals surface area contributed by atoms with Crippen LogP contribution in [0.2, 0.25) is 0 Å². The number of carboxylic acids is 1. The molecule has 9 nitrogen and oxygen atoms in total. The number of nitrogens with zero attached hydrogens (tertiary/aromatic N) is 2. The summed E-state index contributed by atoms with van der Waals surface area (Å²) in [5.74, 6) is -1.57. The Morgan fingerprint density at radius 3 is 2.32 bits per heavy atom. The van der Waals surface area contributed by atoms with Gasteiger partial charge in [0.15, 0.2) is 0 Å². The van der Waals surface area contributed by atoms with Gasteiger partial charge in [-0.05, 0) is 35.1 Å². The Bertz CT molecular complexity index is 1220. The van der Waals surface area contributed by atoms with Crippen molar-refractivity contribution in [2.75, 3.05) is 13.2 Å². The predicted octanol–water partition coefficient (Wildman–Crippen LogP) is 2.77. The van der Waals surface area contributed by atoms with E-state index in [9.17, 15) is 19.5 Å². The standard InChI is InChI=1S/C25H24N4O5/c30-22(28-25(9-10-25)23(31)32)21-13-29(15-27-21)12-11-26-24(33)34-14-20-18-7-3-1-5-16(18)17-6-2-4-8-19(17)20/h1-8,13,15,20H,9-12,14H2,(H,26,33)(H,28,30)(H,31,32). The highest BCUT2D eigenvalue weighted by Crippen LogP contribution is 2.44. The molecule has 0 saturated heterocycles. The second-order valence-corrected chi connectivity index (χ2v) is 8.59. The number of hydrogen-bond acceptors (Lipinski definition) is 5. The van der Waals surface area contributed by atoms with Gasteiger partial charge in [0.1, 0.15) is 17.8 Å². The van der Waals surface area contributed by atoms with Crippen LogP contribution >= 0.6 is 0 Å². The molecule has 34 heavy (non-hydrogen) atoms. The predicted molar refractivity (Wildman–Crippen MR) is 122 cm³/mol. The summed E-state index contributed by atoms with van der Waals surface area (Å²) in [6.07, 6.45) is 3.30. The molecule has 2 aliphatic carbocycles. The second kappa shape index (κ2) is 8.66. The Morgan fingerprint density at radius 1 is 1.06 bits per heavy atom. The molecule has 0 atom stereocenters. The molecule has 174 valence electrons. The topological polar surface area (TPSA) is 123 Å². The van der Waals surface area contributed by atoms with Crippen LogP contribution in [0.25, 0.3) is 11.1 Å². The van der Waals surface area contributed by atoms with Gasteiger partial charge < -0.3 is 25.0 Å². The molecule has 2 aliphatic rings. The van der Waals surface area contributed by atoms with E-state index in [1.165, 1.54) is 23.7 Å². The molecule has 5 rings (SSSR count). The van der Waals surface area contributed by atoms with Gasteiger partial charge in [-0.25, -0.2) is 14.6 Å². The van der Waals surface area contributed by atoms with E-state index in [2.05, 4.69) is 39.9 Å². The van der Waals surface area contributed by atoms with Crippen LogP contribution in [-0.2, 0) is 16.1 Å². The van der Waals surface area contributed by atoms with E-state index in [-0.39, 0.29) is 24.8 Å². The first kappa shape index (κ1) is 21.7. The number of carbonyl (C=O) groups is 3. The summed E-state index contributed by atoms with van der Waals surface area (Å²) in [6.45, 7) is 0.905. The smallest absolute Gasteiger partial charge is 0.407 e. The van der Waals surface area contributed by atoms with Gasteiger partial charge in [-0.3, -0.25) is 4.79 Å². The lowest BCUT2D eigenvalue weighted by atomic mass is 9.98. The number of ether oxygens (including phenoxy) is 1. The second-order valence-electron chi connectivity index (χ2n) is 8.59. The van der Waals surface area contributed by atoms with Gasteiger partial charge in [0.05, 0.1) is 6.33 Å². The maximum Gasteiger partial charge on any atom is 0.407 e. The van der Waals surface area contributed by atoms with Crippen LogP contribution in [-0.4, -0.2) is 51.3 Å². The highest BCUT2D eigenvalue weighted by molar-refractivity contribution is 5.97. The molecule has 0 bridgehead atoms. The number of amides is 2. The maximum atomic E-state index is 12.3. The van der Waals surface area contributed by atoms with E-state index in [4.69, 9.17) is 4.74 Å². The van der Waals surface area contributed by atoms with E-state index in [1.807, 2.05) is 24.3 Å². The Morgan fingerprint density at radius 2 is 1.71 bits per heavy atom. The van der Waals surface area contributed by atoms with Crippen molar-refractivity contribution in [3.8, 4) is 11.1 Å². The van der Waals surface area contributed by atoms with Gasteiger partial charge in [0.25, 0.3) is 5.91 Å². The molecule has 9 heteroatoms. The molecule has 1 heterocycles. The van der Waals surface area contributed by atoms with Gasteiger partial charge in [0.2, 0.25) is 0 Å². The van der Waals surface area contributed by atoms with E-state index >= 15 is 0 Å². The maximum absolute atomic E-state index is 12.3. The summed E-state index contributed by atoms with van der Waals surface area (Å²) in [7, 11) is 0. The largest absolute Gasteiger partial charge is 0.480 e. The fraction of sp³-hybridized carbons (Fsp3) is 0.280. The number of carboxylic acid groups (broad SMARTS) is 1. The third-order valence-electron chi connectivity index (χ3n) is 6.36. The number of imidazole rings is 1. The van der Waals surface area contributed by atoms with Gasteiger partial charge >= 0.3 is 12.1 Å². The Kier molecular flexibility index (Phi) is 5.53. The third kappa shape index (κ3) is 4.12. The molecule has 0 aliphatic heterocycles. The third-order valence-corrected chi connectivity index (χ3v) is 6.36. The first-order chi connectivity index (χ1) is 16.5. The van der Waals surface area contributed by atoms with Crippen molar-refractivity contribution in [2.45, 2.75) is 30.8 Å². The van der Waals surface area contributed by atoms with Crippen molar-refractivity contribution in [1.82, 2.24) is 20.2 Å². The molecular formula is C25H24N4O5. The Balaban J connectivity index is 1.11. The lowest BCUT2D eigenvalue weighted by molar-refractivity contribution is -0.140. The van der Waals surface area contributed by atoms with Crippen molar-refractivity contribution in [1.29, 1.82) is 0 Å². The molecule has 3 N–H and O–H groups in total. The summed E-state index contributed by atoms with van der Waals surface area (Å²) in [6, 6.07) is 16.3. The van der Waals surface area contributed by atoms with Crippen LogP contribution in [0.3, 0.4) is 0 Å². The van der Waals surface area contributed by atoms with Crippen molar-refractivity contribution >= 4 is 18.0 Å². The van der Waals surface area contributed by atoms with Crippen LogP contribution in [0.5, 0.6) is 0 Å². The number of benzene rings is 2. The summed E-state index contributed by atoms with van der Waals surface area (Å²) in [5, 5.41) is 14.4. The highest BCUT2D eigenvalue weighted by atomic mass is 16.5. The lowest BCUT2D eigenvalue weighted by Crippen LogP contribution is -2.43. The van der Waals surface area contributed by atoms with E-state index < -0.39 is 23.5 Å². The number of nitrogens with one attached hydrogen (secondary N) is 2. The van der Waals surface area contributed by atoms with E-state index in [0.717, 1.165) is 11.1 Å². The molecule has 0 unspecified atom stereocenters. The number of carbonyl (C=O) groups excluding carboxylic acids is 2. The minimum absolute atomic E-state index is 0.00608. The number of fused-ring (bicyclic) bond motifs is 3. The fourth-order valence-electron chi connectivity index (χ4n) is 4.33. The van der Waals surface area contributed by atoms with E-state index in [1.54, 1.807) is 4.57 Å². The summed E-state index contributed by atoms with van der Waals surface area (Å²) >= 11 is 0. The molecule has 2 aromatic carbocycles. The molecule has 0 radical (unpaired) electrons. The fourth-order valence-corrected chi connectivity index (χ4v) is 4.33. The zero-order valence-electron chi connectivity index (χ0n) is 18.4. The van der Waals surface area contributed by atoms with Gasteiger partial charge in [0, 0.05) is 25.2 Å². The molecule has 1 aromatic heterocycles. The zero-order valence-corrected chi connectivity index (χ0v) is 18.4.